The molecule has 20 heavy (non-hydrogen) atoms. The molecule has 0 heterocycles. The molecule has 0 saturated carbocycles. The molecule has 0 N–H and O–H groups in total. The van der Waals surface area contributed by atoms with Crippen molar-refractivity contribution in [1.82, 2.24) is 0 Å². The molecule has 0 bridgehead atoms. The van der Waals surface area contributed by atoms with Crippen LogP contribution in [0.25, 0.3) is 0 Å². The Hall–Kier alpha value is -1.31. The molecule has 0 spiro atoms. The van der Waals surface area contributed by atoms with E-state index in [0.717, 1.165) is 12.8 Å². The van der Waals surface area contributed by atoms with Gasteiger partial charge in [0.05, 0.1) is 0 Å². The fraction of sp³-hybridized carbons (Fsp3) is 0.235. The number of hydrogen-bond donors (Lipinski definition) is 0. The third-order valence-corrected chi connectivity index (χ3v) is 3.89. The van der Waals surface area contributed by atoms with Gasteiger partial charge in [0.25, 0.3) is 0 Å². The number of ketones is 1. The van der Waals surface area contributed by atoms with Crippen molar-refractivity contribution in [3.8, 4) is 0 Å². The van der Waals surface area contributed by atoms with Gasteiger partial charge in [0.2, 0.25) is 0 Å². The second-order valence-corrected chi connectivity index (χ2v) is 5.56. The average molecular weight is 307 g/mol. The Labute approximate surface area is 129 Å². The molecule has 3 heteroatoms. The number of hydrogen-bond acceptors (Lipinski definition) is 1. The minimum atomic E-state index is 0.0398. The third-order valence-electron chi connectivity index (χ3n) is 3.19. The lowest BCUT2D eigenvalue weighted by Gasteiger charge is -2.07. The minimum Gasteiger partial charge on any atom is -0.294 e. The summed E-state index contributed by atoms with van der Waals surface area (Å²) in [5.74, 6) is 0.0398. The fourth-order valence-corrected chi connectivity index (χ4v) is 2.68. The van der Waals surface area contributed by atoms with Crippen LogP contribution in [0.2, 0.25) is 10.0 Å². The quantitative estimate of drug-likeness (QED) is 0.679. The number of carbonyl (C=O) groups is 1. The number of carbonyl (C=O) groups excluding carboxylic acids is 1. The van der Waals surface area contributed by atoms with Crippen LogP contribution in [0.4, 0.5) is 0 Å². The Morgan fingerprint density at radius 3 is 2.35 bits per heavy atom. The summed E-state index contributed by atoms with van der Waals surface area (Å²) in [5.41, 5.74) is 2.59. The number of halogens is 2. The van der Waals surface area contributed by atoms with Gasteiger partial charge in [-0.2, -0.15) is 0 Å². The smallest absolute Gasteiger partial charge is 0.167 e. The molecule has 104 valence electrons. The van der Waals surface area contributed by atoms with Crippen LogP contribution in [-0.2, 0) is 12.8 Å². The van der Waals surface area contributed by atoms with Crippen LogP contribution in [-0.4, -0.2) is 5.78 Å². The highest BCUT2D eigenvalue weighted by Gasteiger charge is 2.12. The molecule has 0 amide bonds. The van der Waals surface area contributed by atoms with Crippen LogP contribution in [0.15, 0.2) is 42.5 Å². The van der Waals surface area contributed by atoms with Crippen LogP contribution in [0, 0.1) is 0 Å². The summed E-state index contributed by atoms with van der Waals surface area (Å²) in [5, 5.41) is 1.08. The molecular formula is C17H16Cl2O. The predicted molar refractivity (Wildman–Crippen MR) is 84.9 cm³/mol. The maximum absolute atomic E-state index is 12.4. The molecule has 0 radical (unpaired) electrons. The molecular weight excluding hydrogens is 291 g/mol. The first-order valence-corrected chi connectivity index (χ1v) is 7.42. The van der Waals surface area contributed by atoms with Crippen molar-refractivity contribution in [2.45, 2.75) is 26.2 Å². The van der Waals surface area contributed by atoms with Crippen molar-refractivity contribution in [2.24, 2.45) is 0 Å². The molecule has 0 fully saturated rings. The Bertz CT molecular complexity index is 600. The SMILES string of the molecule is CCCc1cccc(C(=O)Cc2c(Cl)cccc2Cl)c1. The molecule has 0 aromatic heterocycles. The van der Waals surface area contributed by atoms with Gasteiger partial charge in [-0.15, -0.1) is 0 Å². The highest BCUT2D eigenvalue weighted by Crippen LogP contribution is 2.25. The molecule has 0 aliphatic heterocycles. The van der Waals surface area contributed by atoms with Crippen LogP contribution in [0.3, 0.4) is 0 Å². The van der Waals surface area contributed by atoms with Crippen molar-refractivity contribution < 1.29 is 4.79 Å². The topological polar surface area (TPSA) is 17.1 Å². The zero-order chi connectivity index (χ0) is 14.5. The molecule has 0 atom stereocenters. The molecule has 2 aromatic rings. The summed E-state index contributed by atoms with van der Waals surface area (Å²) in [6, 6.07) is 13.0. The molecule has 0 saturated heterocycles. The Morgan fingerprint density at radius 2 is 1.70 bits per heavy atom. The highest BCUT2D eigenvalue weighted by atomic mass is 35.5. The van der Waals surface area contributed by atoms with Crippen LogP contribution in [0.1, 0.15) is 34.8 Å². The second-order valence-electron chi connectivity index (χ2n) is 4.75. The fourth-order valence-electron chi connectivity index (χ4n) is 2.15. The average Bonchev–Trinajstić information content (AvgIpc) is 2.43. The maximum atomic E-state index is 12.4. The van der Waals surface area contributed by atoms with E-state index in [-0.39, 0.29) is 12.2 Å². The lowest BCUT2D eigenvalue weighted by molar-refractivity contribution is 0.0993. The monoisotopic (exact) mass is 306 g/mol. The van der Waals surface area contributed by atoms with Crippen LogP contribution in [0.5, 0.6) is 0 Å². The van der Waals surface area contributed by atoms with E-state index < -0.39 is 0 Å². The zero-order valence-electron chi connectivity index (χ0n) is 11.3. The highest BCUT2D eigenvalue weighted by molar-refractivity contribution is 6.36. The largest absolute Gasteiger partial charge is 0.294 e. The van der Waals surface area contributed by atoms with Gasteiger partial charge in [-0.1, -0.05) is 60.8 Å². The van der Waals surface area contributed by atoms with Crippen LogP contribution >= 0.6 is 23.2 Å². The van der Waals surface area contributed by atoms with Crippen molar-refractivity contribution >= 4 is 29.0 Å². The summed E-state index contributed by atoms with van der Waals surface area (Å²) >= 11 is 12.2. The van der Waals surface area contributed by atoms with Crippen molar-refractivity contribution in [3.05, 3.63) is 69.2 Å². The van der Waals surface area contributed by atoms with Gasteiger partial charge in [-0.05, 0) is 35.7 Å². The van der Waals surface area contributed by atoms with E-state index in [1.807, 2.05) is 24.3 Å². The summed E-state index contributed by atoms with van der Waals surface area (Å²) < 4.78 is 0. The Balaban J connectivity index is 2.22. The Kier molecular flexibility index (Phi) is 5.22. The van der Waals surface area contributed by atoms with E-state index >= 15 is 0 Å². The summed E-state index contributed by atoms with van der Waals surface area (Å²) in [7, 11) is 0. The van der Waals surface area contributed by atoms with E-state index in [1.165, 1.54) is 5.56 Å². The van der Waals surface area contributed by atoms with Crippen molar-refractivity contribution in [3.63, 3.8) is 0 Å². The molecule has 0 aliphatic carbocycles. The number of aryl methyl sites for hydroxylation is 1. The van der Waals surface area contributed by atoms with E-state index in [9.17, 15) is 4.79 Å². The molecule has 1 nitrogen and oxygen atoms in total. The van der Waals surface area contributed by atoms with Gasteiger partial charge >= 0.3 is 0 Å². The lowest BCUT2D eigenvalue weighted by Crippen LogP contribution is -2.05. The molecule has 0 unspecified atom stereocenters. The van der Waals surface area contributed by atoms with E-state index in [0.29, 0.717) is 21.2 Å². The predicted octanol–water partition coefficient (Wildman–Crippen LogP) is 5.37. The first-order valence-electron chi connectivity index (χ1n) is 6.67. The van der Waals surface area contributed by atoms with Crippen molar-refractivity contribution in [1.29, 1.82) is 0 Å². The van der Waals surface area contributed by atoms with Gasteiger partial charge in [0.15, 0.2) is 5.78 Å². The first kappa shape index (κ1) is 15.1. The maximum Gasteiger partial charge on any atom is 0.167 e. The molecule has 2 rings (SSSR count). The summed E-state index contributed by atoms with van der Waals surface area (Å²) in [6.45, 7) is 2.12. The van der Waals surface area contributed by atoms with Gasteiger partial charge in [0.1, 0.15) is 0 Å². The van der Waals surface area contributed by atoms with E-state index in [4.69, 9.17) is 23.2 Å². The van der Waals surface area contributed by atoms with E-state index in [2.05, 4.69) is 6.92 Å². The van der Waals surface area contributed by atoms with Gasteiger partial charge in [-0.25, -0.2) is 0 Å². The minimum absolute atomic E-state index is 0.0398. The first-order chi connectivity index (χ1) is 9.61. The lowest BCUT2D eigenvalue weighted by atomic mass is 10.00. The van der Waals surface area contributed by atoms with Gasteiger partial charge in [0, 0.05) is 22.0 Å². The van der Waals surface area contributed by atoms with Crippen LogP contribution < -0.4 is 0 Å². The standard InChI is InChI=1S/C17H16Cl2O/c1-2-5-12-6-3-7-13(10-12)17(20)11-14-15(18)8-4-9-16(14)19/h3-4,6-10H,2,5,11H2,1H3. The summed E-state index contributed by atoms with van der Waals surface area (Å²) in [6.07, 6.45) is 2.27. The zero-order valence-corrected chi connectivity index (χ0v) is 12.8. The summed E-state index contributed by atoms with van der Waals surface area (Å²) in [4.78, 5) is 12.4. The number of rotatable bonds is 5. The normalized spacial score (nSPS) is 10.6. The molecule has 2 aromatic carbocycles. The number of Topliss-reactive ketones (excluding diaryl/α,β-unsaturated/α-hetero) is 1. The van der Waals surface area contributed by atoms with E-state index in [1.54, 1.807) is 18.2 Å². The number of benzene rings is 2. The van der Waals surface area contributed by atoms with Gasteiger partial charge < -0.3 is 0 Å². The Morgan fingerprint density at radius 1 is 1.05 bits per heavy atom. The second kappa shape index (κ2) is 6.92. The van der Waals surface area contributed by atoms with Gasteiger partial charge in [-0.3, -0.25) is 4.79 Å². The van der Waals surface area contributed by atoms with Crippen molar-refractivity contribution in [2.75, 3.05) is 0 Å². The molecule has 0 aliphatic rings. The third kappa shape index (κ3) is 3.62.